The summed E-state index contributed by atoms with van der Waals surface area (Å²) in [5, 5.41) is 22.5. The van der Waals surface area contributed by atoms with Gasteiger partial charge in [0.15, 0.2) is 0 Å². The molecular formula is C29H49NO3. The monoisotopic (exact) mass is 459 g/mol. The normalized spacial score (nSPS) is 14.4. The van der Waals surface area contributed by atoms with Crippen LogP contribution in [0.2, 0.25) is 0 Å². The van der Waals surface area contributed by atoms with Crippen molar-refractivity contribution in [2.75, 3.05) is 6.61 Å². The zero-order valence-electron chi connectivity index (χ0n) is 21.1. The minimum Gasteiger partial charge on any atom is -0.394 e. The Morgan fingerprint density at radius 3 is 2.06 bits per heavy atom. The van der Waals surface area contributed by atoms with Crippen molar-refractivity contribution in [2.45, 2.75) is 109 Å². The molecule has 0 aromatic carbocycles. The lowest BCUT2D eigenvalue weighted by Gasteiger charge is -2.19. The van der Waals surface area contributed by atoms with Crippen molar-refractivity contribution in [1.82, 2.24) is 5.32 Å². The molecule has 33 heavy (non-hydrogen) atoms. The zero-order chi connectivity index (χ0) is 24.4. The molecule has 0 aliphatic rings. The van der Waals surface area contributed by atoms with Crippen molar-refractivity contribution in [2.24, 2.45) is 0 Å². The molecule has 4 nitrogen and oxygen atoms in total. The number of allylic oxidation sites excluding steroid dienone is 9. The number of carbonyl (C=O) groups excluding carboxylic acids is 1. The van der Waals surface area contributed by atoms with Crippen LogP contribution < -0.4 is 5.32 Å². The largest absolute Gasteiger partial charge is 0.394 e. The Bertz CT molecular complexity index is 590. The molecule has 0 aromatic heterocycles. The van der Waals surface area contributed by atoms with E-state index in [1.54, 1.807) is 6.08 Å². The molecule has 0 aliphatic carbocycles. The molecule has 0 aliphatic heterocycles. The molecule has 0 spiro atoms. The van der Waals surface area contributed by atoms with Gasteiger partial charge in [0.2, 0.25) is 5.91 Å². The number of hydrogen-bond acceptors (Lipinski definition) is 3. The van der Waals surface area contributed by atoms with Gasteiger partial charge in [-0.15, -0.1) is 0 Å². The zero-order valence-corrected chi connectivity index (χ0v) is 21.1. The molecule has 0 saturated heterocycles. The van der Waals surface area contributed by atoms with Crippen LogP contribution in [0.3, 0.4) is 0 Å². The molecule has 0 heterocycles. The van der Waals surface area contributed by atoms with E-state index < -0.39 is 12.1 Å². The fraction of sp³-hybridized carbons (Fsp3) is 0.621. The maximum Gasteiger partial charge on any atom is 0.220 e. The summed E-state index contributed by atoms with van der Waals surface area (Å²) in [6.07, 6.45) is 32.9. The summed E-state index contributed by atoms with van der Waals surface area (Å²) in [5.74, 6) is -0.113. The fourth-order valence-electron chi connectivity index (χ4n) is 3.19. The van der Waals surface area contributed by atoms with Crippen molar-refractivity contribution in [3.63, 3.8) is 0 Å². The Morgan fingerprint density at radius 1 is 0.758 bits per heavy atom. The second kappa shape index (κ2) is 24.7. The van der Waals surface area contributed by atoms with Gasteiger partial charge in [-0.1, -0.05) is 93.9 Å². The van der Waals surface area contributed by atoms with E-state index in [9.17, 15) is 15.0 Å². The first kappa shape index (κ1) is 31.1. The summed E-state index contributed by atoms with van der Waals surface area (Å²) >= 11 is 0. The minimum atomic E-state index is -0.870. The summed E-state index contributed by atoms with van der Waals surface area (Å²) in [7, 11) is 0. The summed E-state index contributed by atoms with van der Waals surface area (Å²) in [5.41, 5.74) is 0. The number of unbranched alkanes of at least 4 members (excludes halogenated alkanes) is 6. The number of hydrogen-bond donors (Lipinski definition) is 3. The average molecular weight is 460 g/mol. The third-order valence-electron chi connectivity index (χ3n) is 5.23. The van der Waals surface area contributed by atoms with Crippen LogP contribution in [-0.2, 0) is 4.79 Å². The molecule has 3 N–H and O–H groups in total. The first-order chi connectivity index (χ1) is 16.2. The molecule has 0 radical (unpaired) electrons. The smallest absolute Gasteiger partial charge is 0.220 e. The van der Waals surface area contributed by atoms with Crippen LogP contribution >= 0.6 is 0 Å². The first-order valence-electron chi connectivity index (χ1n) is 13.0. The summed E-state index contributed by atoms with van der Waals surface area (Å²) in [6, 6.07) is -0.651. The Labute approximate surface area is 203 Å². The number of rotatable bonds is 21. The van der Waals surface area contributed by atoms with Gasteiger partial charge >= 0.3 is 0 Å². The van der Waals surface area contributed by atoms with Crippen LogP contribution in [0.15, 0.2) is 60.8 Å². The van der Waals surface area contributed by atoms with E-state index >= 15 is 0 Å². The van der Waals surface area contributed by atoms with E-state index in [1.165, 1.54) is 12.8 Å². The minimum absolute atomic E-state index is 0.113. The van der Waals surface area contributed by atoms with Gasteiger partial charge in [0.25, 0.3) is 0 Å². The molecule has 1 amide bonds. The maximum atomic E-state index is 12.1. The highest BCUT2D eigenvalue weighted by Gasteiger charge is 2.17. The maximum absolute atomic E-state index is 12.1. The van der Waals surface area contributed by atoms with Crippen LogP contribution in [0.1, 0.15) is 97.3 Å². The van der Waals surface area contributed by atoms with Gasteiger partial charge in [-0.05, 0) is 57.8 Å². The second-order valence-corrected chi connectivity index (χ2v) is 8.36. The predicted molar refractivity (Wildman–Crippen MR) is 142 cm³/mol. The van der Waals surface area contributed by atoms with Crippen LogP contribution in [0.4, 0.5) is 0 Å². The summed E-state index contributed by atoms with van der Waals surface area (Å²) in [6.45, 7) is 4.05. The highest BCUT2D eigenvalue weighted by Crippen LogP contribution is 2.06. The lowest BCUT2D eigenvalue weighted by molar-refractivity contribution is -0.123. The van der Waals surface area contributed by atoms with Gasteiger partial charge in [-0.2, -0.15) is 0 Å². The Hall–Kier alpha value is -1.91. The van der Waals surface area contributed by atoms with Gasteiger partial charge in [0.05, 0.1) is 18.8 Å². The summed E-state index contributed by atoms with van der Waals surface area (Å²) < 4.78 is 0. The quantitative estimate of drug-likeness (QED) is 0.132. The molecule has 0 bridgehead atoms. The van der Waals surface area contributed by atoms with Gasteiger partial charge in [-0.25, -0.2) is 0 Å². The van der Waals surface area contributed by atoms with Crippen LogP contribution in [-0.4, -0.2) is 34.9 Å². The van der Waals surface area contributed by atoms with Crippen LogP contribution in [0, 0.1) is 0 Å². The lowest BCUT2D eigenvalue weighted by Crippen LogP contribution is -2.45. The topological polar surface area (TPSA) is 69.6 Å². The van der Waals surface area contributed by atoms with Crippen molar-refractivity contribution < 1.29 is 15.0 Å². The van der Waals surface area contributed by atoms with Crippen molar-refractivity contribution >= 4 is 5.91 Å². The SMILES string of the molecule is CC/C=C\C/C=C\C/C=C\CCCCCC(=O)NC(CO)C(O)/C=C/CC/C=C/CCCC. The number of amides is 1. The Balaban J connectivity index is 3.87. The van der Waals surface area contributed by atoms with Crippen molar-refractivity contribution in [1.29, 1.82) is 0 Å². The Kier molecular flexibility index (Phi) is 23.3. The number of aliphatic hydroxyl groups excluding tert-OH is 2. The highest BCUT2D eigenvalue weighted by molar-refractivity contribution is 5.76. The summed E-state index contributed by atoms with van der Waals surface area (Å²) in [4.78, 5) is 12.1. The molecule has 4 heteroatoms. The molecule has 0 aromatic rings. The molecule has 0 rings (SSSR count). The third-order valence-corrected chi connectivity index (χ3v) is 5.23. The number of aliphatic hydroxyl groups is 2. The molecule has 0 fully saturated rings. The molecule has 188 valence electrons. The molecule has 0 saturated carbocycles. The van der Waals surface area contributed by atoms with Crippen LogP contribution in [0.5, 0.6) is 0 Å². The van der Waals surface area contributed by atoms with E-state index in [1.807, 2.05) is 6.08 Å². The van der Waals surface area contributed by atoms with Crippen molar-refractivity contribution in [3.8, 4) is 0 Å². The standard InChI is InChI=1S/C29H49NO3/c1-3-5-7-9-11-13-14-15-16-17-19-21-23-25-29(33)30-27(26-31)28(32)24-22-20-18-12-10-8-6-4-2/h5,7,10-13,15-16,22,24,27-28,31-32H,3-4,6,8-9,14,17-21,23,25-26H2,1-2H3,(H,30,33)/b7-5-,12-10+,13-11-,16-15-,24-22+. The second-order valence-electron chi connectivity index (χ2n) is 8.36. The lowest BCUT2D eigenvalue weighted by atomic mass is 10.1. The average Bonchev–Trinajstić information content (AvgIpc) is 2.82. The molecule has 2 unspecified atom stereocenters. The predicted octanol–water partition coefficient (Wildman–Crippen LogP) is 6.72. The van der Waals surface area contributed by atoms with Crippen molar-refractivity contribution in [3.05, 3.63) is 60.8 Å². The van der Waals surface area contributed by atoms with Gasteiger partial charge < -0.3 is 15.5 Å². The number of nitrogens with one attached hydrogen (secondary N) is 1. The van der Waals surface area contributed by atoms with E-state index in [0.29, 0.717) is 6.42 Å². The first-order valence-corrected chi connectivity index (χ1v) is 13.0. The Morgan fingerprint density at radius 2 is 1.36 bits per heavy atom. The van der Waals surface area contributed by atoms with E-state index in [-0.39, 0.29) is 12.5 Å². The number of carbonyl (C=O) groups is 1. The van der Waals surface area contributed by atoms with Gasteiger partial charge in [-0.3, -0.25) is 4.79 Å². The fourth-order valence-corrected chi connectivity index (χ4v) is 3.19. The van der Waals surface area contributed by atoms with E-state index in [0.717, 1.165) is 64.2 Å². The van der Waals surface area contributed by atoms with Gasteiger partial charge in [0.1, 0.15) is 0 Å². The molecule has 2 atom stereocenters. The van der Waals surface area contributed by atoms with E-state index in [2.05, 4.69) is 67.8 Å². The molecular weight excluding hydrogens is 410 g/mol. The highest BCUT2D eigenvalue weighted by atomic mass is 16.3. The van der Waals surface area contributed by atoms with Crippen LogP contribution in [0.25, 0.3) is 0 Å². The van der Waals surface area contributed by atoms with E-state index in [4.69, 9.17) is 0 Å². The third kappa shape index (κ3) is 21.7. The van der Waals surface area contributed by atoms with Gasteiger partial charge in [0, 0.05) is 6.42 Å².